The van der Waals surface area contributed by atoms with Crippen molar-refractivity contribution in [1.82, 2.24) is 10.6 Å². The van der Waals surface area contributed by atoms with Crippen LogP contribution in [0.3, 0.4) is 0 Å². The van der Waals surface area contributed by atoms with Gasteiger partial charge in [-0.15, -0.1) is 0 Å². The second-order valence-corrected chi connectivity index (χ2v) is 9.27. The SMILES string of the molecule is COc1cccc(CNC[C@@H](O)[C@H](Cc2ccccc2)NC(=O)c2cc(C)cc(-c3ccccc3)c2)c1. The number of hydrogen-bond acceptors (Lipinski definition) is 4. The summed E-state index contributed by atoms with van der Waals surface area (Å²) in [4.78, 5) is 13.4. The molecule has 4 aromatic carbocycles. The number of ether oxygens (including phenoxy) is 1. The summed E-state index contributed by atoms with van der Waals surface area (Å²) in [6.07, 6.45) is -0.264. The van der Waals surface area contributed by atoms with Gasteiger partial charge in [0, 0.05) is 18.7 Å². The minimum absolute atomic E-state index is 0.200. The zero-order valence-electron chi connectivity index (χ0n) is 21.4. The molecule has 0 aliphatic rings. The smallest absolute Gasteiger partial charge is 0.251 e. The molecule has 4 aromatic rings. The van der Waals surface area contributed by atoms with Gasteiger partial charge in [0.15, 0.2) is 0 Å². The maximum Gasteiger partial charge on any atom is 0.251 e. The molecule has 0 radical (unpaired) electrons. The van der Waals surface area contributed by atoms with E-state index >= 15 is 0 Å². The number of carbonyl (C=O) groups excluding carboxylic acids is 1. The molecule has 0 saturated heterocycles. The Labute approximate surface area is 219 Å². The quantitative estimate of drug-likeness (QED) is 0.269. The number of benzene rings is 4. The van der Waals surface area contributed by atoms with Crippen LogP contribution >= 0.6 is 0 Å². The molecule has 0 aromatic heterocycles. The van der Waals surface area contributed by atoms with Gasteiger partial charge in [-0.25, -0.2) is 0 Å². The van der Waals surface area contributed by atoms with Crippen molar-refractivity contribution in [2.24, 2.45) is 0 Å². The highest BCUT2D eigenvalue weighted by Gasteiger charge is 2.23. The van der Waals surface area contributed by atoms with Crippen molar-refractivity contribution in [2.75, 3.05) is 13.7 Å². The molecule has 0 fully saturated rings. The average Bonchev–Trinajstić information content (AvgIpc) is 2.93. The first-order valence-corrected chi connectivity index (χ1v) is 12.6. The topological polar surface area (TPSA) is 70.6 Å². The predicted octanol–water partition coefficient (Wildman–Crippen LogP) is 5.16. The third-order valence-corrected chi connectivity index (χ3v) is 6.34. The van der Waals surface area contributed by atoms with E-state index in [1.54, 1.807) is 7.11 Å². The molecule has 0 saturated carbocycles. The van der Waals surface area contributed by atoms with Crippen molar-refractivity contribution in [3.63, 3.8) is 0 Å². The van der Waals surface area contributed by atoms with E-state index in [2.05, 4.69) is 16.7 Å². The minimum atomic E-state index is -0.784. The van der Waals surface area contributed by atoms with E-state index in [9.17, 15) is 9.90 Å². The Balaban J connectivity index is 1.48. The maximum atomic E-state index is 13.4. The van der Waals surface area contributed by atoms with E-state index in [0.29, 0.717) is 25.1 Å². The molecule has 5 heteroatoms. The summed E-state index contributed by atoms with van der Waals surface area (Å²) >= 11 is 0. The zero-order chi connectivity index (χ0) is 26.0. The normalized spacial score (nSPS) is 12.5. The fourth-order valence-electron chi connectivity index (χ4n) is 4.40. The number of aliphatic hydroxyl groups is 1. The highest BCUT2D eigenvalue weighted by Crippen LogP contribution is 2.22. The van der Waals surface area contributed by atoms with Crippen molar-refractivity contribution in [3.05, 3.63) is 125 Å². The molecule has 0 aliphatic heterocycles. The van der Waals surface area contributed by atoms with E-state index in [4.69, 9.17) is 4.74 Å². The molecule has 0 bridgehead atoms. The lowest BCUT2D eigenvalue weighted by Gasteiger charge is -2.25. The van der Waals surface area contributed by atoms with Crippen molar-refractivity contribution in [2.45, 2.75) is 32.0 Å². The van der Waals surface area contributed by atoms with Crippen LogP contribution < -0.4 is 15.4 Å². The summed E-state index contributed by atoms with van der Waals surface area (Å²) in [7, 11) is 1.64. The molecular weight excluding hydrogens is 460 g/mol. The summed E-state index contributed by atoms with van der Waals surface area (Å²) in [6.45, 7) is 2.90. The van der Waals surface area contributed by atoms with Crippen molar-refractivity contribution in [3.8, 4) is 16.9 Å². The Kier molecular flexibility index (Phi) is 9.08. The summed E-state index contributed by atoms with van der Waals surface area (Å²) in [5.74, 6) is 0.593. The van der Waals surface area contributed by atoms with Gasteiger partial charge in [0.1, 0.15) is 5.75 Å². The fraction of sp³-hybridized carbons (Fsp3) is 0.219. The van der Waals surface area contributed by atoms with Gasteiger partial charge in [-0.2, -0.15) is 0 Å². The number of rotatable bonds is 11. The van der Waals surface area contributed by atoms with Crippen LogP contribution in [0.2, 0.25) is 0 Å². The lowest BCUT2D eigenvalue weighted by molar-refractivity contribution is 0.0830. The van der Waals surface area contributed by atoms with Crippen LogP contribution in [0, 0.1) is 6.92 Å². The van der Waals surface area contributed by atoms with Gasteiger partial charge in [0.2, 0.25) is 0 Å². The van der Waals surface area contributed by atoms with Crippen LogP contribution in [-0.2, 0) is 13.0 Å². The van der Waals surface area contributed by atoms with Crippen LogP contribution in [0.25, 0.3) is 11.1 Å². The Morgan fingerprint density at radius 3 is 2.27 bits per heavy atom. The van der Waals surface area contributed by atoms with Crippen molar-refractivity contribution < 1.29 is 14.6 Å². The fourth-order valence-corrected chi connectivity index (χ4v) is 4.40. The molecule has 0 spiro atoms. The van der Waals surface area contributed by atoms with Gasteiger partial charge in [-0.3, -0.25) is 4.79 Å². The van der Waals surface area contributed by atoms with E-state index in [1.807, 2.05) is 104 Å². The van der Waals surface area contributed by atoms with Crippen molar-refractivity contribution >= 4 is 5.91 Å². The van der Waals surface area contributed by atoms with Gasteiger partial charge in [-0.05, 0) is 65.4 Å². The molecule has 5 nitrogen and oxygen atoms in total. The molecule has 0 heterocycles. The third-order valence-electron chi connectivity index (χ3n) is 6.34. The standard InChI is InChI=1S/C32H34N2O3/c1-23-16-27(26-13-7-4-8-14-26)20-28(17-23)32(36)34-30(19-24-10-5-3-6-11-24)31(35)22-33-21-25-12-9-15-29(18-25)37-2/h3-18,20,30-31,33,35H,19,21-22H2,1-2H3,(H,34,36)/t30-,31+/m0/s1. The molecule has 1 amide bonds. The molecule has 4 rings (SSSR count). The highest BCUT2D eigenvalue weighted by atomic mass is 16.5. The maximum absolute atomic E-state index is 13.4. The first-order valence-electron chi connectivity index (χ1n) is 12.6. The van der Waals surface area contributed by atoms with E-state index in [1.165, 1.54) is 0 Å². The Bertz CT molecular complexity index is 1290. The number of nitrogens with one attached hydrogen (secondary N) is 2. The summed E-state index contributed by atoms with van der Waals surface area (Å²) in [5.41, 5.74) is 5.74. The van der Waals surface area contributed by atoms with Crippen molar-refractivity contribution in [1.29, 1.82) is 0 Å². The number of hydrogen-bond donors (Lipinski definition) is 3. The van der Waals surface area contributed by atoms with E-state index in [-0.39, 0.29) is 5.91 Å². The Hall–Kier alpha value is -3.93. The lowest BCUT2D eigenvalue weighted by Crippen LogP contribution is -2.48. The Morgan fingerprint density at radius 2 is 1.54 bits per heavy atom. The first kappa shape index (κ1) is 26.1. The van der Waals surface area contributed by atoms with Gasteiger partial charge in [0.25, 0.3) is 5.91 Å². The molecule has 37 heavy (non-hydrogen) atoms. The average molecular weight is 495 g/mol. The first-order chi connectivity index (χ1) is 18.0. The third kappa shape index (κ3) is 7.53. The van der Waals surface area contributed by atoms with Crippen LogP contribution in [0.5, 0.6) is 5.75 Å². The monoisotopic (exact) mass is 494 g/mol. The van der Waals surface area contributed by atoms with Gasteiger partial charge >= 0.3 is 0 Å². The largest absolute Gasteiger partial charge is 0.497 e. The number of amides is 1. The second-order valence-electron chi connectivity index (χ2n) is 9.27. The highest BCUT2D eigenvalue weighted by molar-refractivity contribution is 5.96. The predicted molar refractivity (Wildman–Crippen MR) is 149 cm³/mol. The van der Waals surface area contributed by atoms with Crippen LogP contribution in [0.1, 0.15) is 27.0 Å². The van der Waals surface area contributed by atoms with E-state index in [0.717, 1.165) is 33.6 Å². The summed E-state index contributed by atoms with van der Waals surface area (Å²) in [6, 6.07) is 33.1. The zero-order valence-corrected chi connectivity index (χ0v) is 21.4. The Morgan fingerprint density at radius 1 is 0.838 bits per heavy atom. The number of carbonyl (C=O) groups is 1. The summed E-state index contributed by atoms with van der Waals surface area (Å²) < 4.78 is 5.29. The van der Waals surface area contributed by atoms with Crippen LogP contribution in [0.15, 0.2) is 103 Å². The molecular formula is C32H34N2O3. The van der Waals surface area contributed by atoms with Crippen LogP contribution in [-0.4, -0.2) is 36.8 Å². The van der Waals surface area contributed by atoms with Crippen LogP contribution in [0.4, 0.5) is 0 Å². The molecule has 0 aliphatic carbocycles. The summed E-state index contributed by atoms with van der Waals surface area (Å²) in [5, 5.41) is 17.6. The lowest BCUT2D eigenvalue weighted by atomic mass is 9.98. The molecule has 190 valence electrons. The minimum Gasteiger partial charge on any atom is -0.497 e. The number of aliphatic hydroxyl groups excluding tert-OH is 1. The second kappa shape index (κ2) is 12.9. The molecule has 2 atom stereocenters. The van der Waals surface area contributed by atoms with Gasteiger partial charge < -0.3 is 20.5 Å². The molecule has 0 unspecified atom stereocenters. The van der Waals surface area contributed by atoms with Gasteiger partial charge in [0.05, 0.1) is 19.3 Å². The number of methoxy groups -OCH3 is 1. The molecule has 3 N–H and O–H groups in total. The van der Waals surface area contributed by atoms with E-state index < -0.39 is 12.1 Å². The van der Waals surface area contributed by atoms with Gasteiger partial charge in [-0.1, -0.05) is 78.9 Å². The number of aryl methyl sites for hydroxylation is 1.